The van der Waals surface area contributed by atoms with Gasteiger partial charge in [-0.1, -0.05) is 18.2 Å². The highest BCUT2D eigenvalue weighted by molar-refractivity contribution is 7.92. The Morgan fingerprint density at radius 1 is 1.10 bits per heavy atom. The van der Waals surface area contributed by atoms with Gasteiger partial charge in [-0.15, -0.1) is 0 Å². The lowest BCUT2D eigenvalue weighted by molar-refractivity contribution is 0.108. The van der Waals surface area contributed by atoms with Gasteiger partial charge in [-0.2, -0.15) is 0 Å². The van der Waals surface area contributed by atoms with Gasteiger partial charge in [-0.25, -0.2) is 12.8 Å². The third-order valence-electron chi connectivity index (χ3n) is 5.77. The standard InChI is InChI=1S/C22H31FN4O2S/c1-18(17-24)30(28,29)16-4-11-26-12-14-27(15-13-26)22(21-5-2-3-10-25-21)19-6-8-20(23)9-7-19/h2-3,5-10,18,22H,4,11-17,24H2,1H3. The molecule has 0 bridgehead atoms. The average molecular weight is 435 g/mol. The van der Waals surface area contributed by atoms with Crippen LogP contribution in [0.2, 0.25) is 0 Å². The third kappa shape index (κ3) is 5.85. The van der Waals surface area contributed by atoms with E-state index in [9.17, 15) is 12.8 Å². The Kier molecular flexibility index (Phi) is 7.93. The monoisotopic (exact) mass is 434 g/mol. The van der Waals surface area contributed by atoms with E-state index in [0.717, 1.165) is 44.0 Å². The molecule has 164 valence electrons. The van der Waals surface area contributed by atoms with Gasteiger partial charge in [-0.3, -0.25) is 9.88 Å². The van der Waals surface area contributed by atoms with E-state index in [1.165, 1.54) is 12.1 Å². The van der Waals surface area contributed by atoms with E-state index in [0.29, 0.717) is 6.42 Å². The molecule has 1 aromatic heterocycles. The summed E-state index contributed by atoms with van der Waals surface area (Å²) < 4.78 is 37.7. The van der Waals surface area contributed by atoms with Crippen molar-refractivity contribution < 1.29 is 12.8 Å². The summed E-state index contributed by atoms with van der Waals surface area (Å²) in [6.45, 7) is 5.99. The SMILES string of the molecule is CC(CN)S(=O)(=O)CCCN1CCN(C(c2ccc(F)cc2)c2ccccn2)CC1. The van der Waals surface area contributed by atoms with E-state index in [1.54, 1.807) is 13.1 Å². The summed E-state index contributed by atoms with van der Waals surface area (Å²) in [5, 5.41) is -0.482. The van der Waals surface area contributed by atoms with Crippen LogP contribution in [0.3, 0.4) is 0 Å². The van der Waals surface area contributed by atoms with E-state index >= 15 is 0 Å². The molecular formula is C22H31FN4O2S. The van der Waals surface area contributed by atoms with Crippen LogP contribution in [-0.2, 0) is 9.84 Å². The fourth-order valence-corrected chi connectivity index (χ4v) is 5.06. The molecule has 8 heteroatoms. The van der Waals surface area contributed by atoms with Crippen molar-refractivity contribution in [3.05, 3.63) is 65.7 Å². The zero-order valence-electron chi connectivity index (χ0n) is 17.5. The first-order valence-corrected chi connectivity index (χ1v) is 12.2. The maximum Gasteiger partial charge on any atom is 0.154 e. The lowest BCUT2D eigenvalue weighted by Crippen LogP contribution is -2.48. The van der Waals surface area contributed by atoms with Crippen LogP contribution < -0.4 is 5.73 Å². The second-order valence-corrected chi connectivity index (χ2v) is 10.4. The van der Waals surface area contributed by atoms with Gasteiger partial charge in [0.25, 0.3) is 0 Å². The topological polar surface area (TPSA) is 79.5 Å². The van der Waals surface area contributed by atoms with Crippen LogP contribution in [0.4, 0.5) is 4.39 Å². The van der Waals surface area contributed by atoms with Crippen LogP contribution in [0.1, 0.15) is 30.6 Å². The van der Waals surface area contributed by atoms with Gasteiger partial charge in [0.2, 0.25) is 0 Å². The summed E-state index contributed by atoms with van der Waals surface area (Å²) in [6.07, 6.45) is 2.40. The molecule has 0 saturated carbocycles. The molecule has 1 fully saturated rings. The first-order valence-electron chi connectivity index (χ1n) is 10.4. The van der Waals surface area contributed by atoms with Gasteiger partial charge in [-0.05, 0) is 49.7 Å². The molecule has 6 nitrogen and oxygen atoms in total. The number of rotatable bonds is 9. The minimum Gasteiger partial charge on any atom is -0.329 e. The Hall–Kier alpha value is -1.87. The van der Waals surface area contributed by atoms with Crippen LogP contribution in [-0.4, -0.2) is 73.5 Å². The second kappa shape index (κ2) is 10.4. The summed E-state index contributed by atoms with van der Waals surface area (Å²) in [5.74, 6) is -0.0696. The first-order chi connectivity index (χ1) is 14.4. The smallest absolute Gasteiger partial charge is 0.154 e. The van der Waals surface area contributed by atoms with Crippen LogP contribution in [0.15, 0.2) is 48.7 Å². The number of aromatic nitrogens is 1. The van der Waals surface area contributed by atoms with Crippen LogP contribution in [0, 0.1) is 5.82 Å². The number of pyridine rings is 1. The van der Waals surface area contributed by atoms with Crippen molar-refractivity contribution in [2.75, 3.05) is 45.0 Å². The molecule has 2 unspecified atom stereocenters. The lowest BCUT2D eigenvalue weighted by atomic mass is 10.00. The molecule has 0 spiro atoms. The fourth-order valence-electron chi connectivity index (χ4n) is 3.83. The van der Waals surface area contributed by atoms with Crippen molar-refractivity contribution in [2.45, 2.75) is 24.6 Å². The quantitative estimate of drug-likeness (QED) is 0.651. The number of halogens is 1. The molecule has 1 aromatic carbocycles. The van der Waals surface area contributed by atoms with Crippen molar-refractivity contribution in [2.24, 2.45) is 5.73 Å². The van der Waals surface area contributed by atoms with Gasteiger partial charge in [0.15, 0.2) is 9.84 Å². The van der Waals surface area contributed by atoms with Gasteiger partial charge < -0.3 is 10.6 Å². The Morgan fingerprint density at radius 2 is 1.80 bits per heavy atom. The highest BCUT2D eigenvalue weighted by Crippen LogP contribution is 2.28. The zero-order chi connectivity index (χ0) is 21.6. The molecule has 3 rings (SSSR count). The van der Waals surface area contributed by atoms with Crippen molar-refractivity contribution in [1.29, 1.82) is 0 Å². The molecule has 0 aliphatic carbocycles. The molecule has 0 amide bonds. The fraction of sp³-hybridized carbons (Fsp3) is 0.500. The third-order valence-corrected chi connectivity index (χ3v) is 8.05. The summed E-state index contributed by atoms with van der Waals surface area (Å²) in [4.78, 5) is 9.21. The molecule has 0 radical (unpaired) electrons. The Morgan fingerprint density at radius 3 is 2.40 bits per heavy atom. The predicted molar refractivity (Wildman–Crippen MR) is 117 cm³/mol. The summed E-state index contributed by atoms with van der Waals surface area (Å²) in [6, 6.07) is 12.5. The Labute approximate surface area is 178 Å². The summed E-state index contributed by atoms with van der Waals surface area (Å²) in [5.41, 5.74) is 7.46. The molecular weight excluding hydrogens is 403 g/mol. The van der Waals surface area contributed by atoms with E-state index in [1.807, 2.05) is 30.3 Å². The minimum absolute atomic E-state index is 0.0280. The highest BCUT2D eigenvalue weighted by atomic mass is 32.2. The number of hydrogen-bond donors (Lipinski definition) is 1. The van der Waals surface area contributed by atoms with Crippen LogP contribution in [0.5, 0.6) is 0 Å². The molecule has 1 saturated heterocycles. The van der Waals surface area contributed by atoms with E-state index in [-0.39, 0.29) is 24.2 Å². The Bertz CT molecular complexity index is 885. The molecule has 30 heavy (non-hydrogen) atoms. The molecule has 2 N–H and O–H groups in total. The number of benzene rings is 1. The molecule has 2 atom stereocenters. The number of sulfone groups is 1. The molecule has 1 aliphatic rings. The van der Waals surface area contributed by atoms with Crippen molar-refractivity contribution in [3.63, 3.8) is 0 Å². The summed E-state index contributed by atoms with van der Waals surface area (Å²) in [7, 11) is -3.11. The maximum atomic E-state index is 13.4. The average Bonchev–Trinajstić information content (AvgIpc) is 2.76. The largest absolute Gasteiger partial charge is 0.329 e. The van der Waals surface area contributed by atoms with Gasteiger partial charge in [0.05, 0.1) is 22.7 Å². The Balaban J connectivity index is 1.60. The number of piperazine rings is 1. The zero-order valence-corrected chi connectivity index (χ0v) is 18.3. The van der Waals surface area contributed by atoms with Gasteiger partial charge >= 0.3 is 0 Å². The van der Waals surface area contributed by atoms with Crippen molar-refractivity contribution in [1.82, 2.24) is 14.8 Å². The number of hydrogen-bond acceptors (Lipinski definition) is 6. The molecule has 2 aromatic rings. The van der Waals surface area contributed by atoms with Crippen molar-refractivity contribution in [3.8, 4) is 0 Å². The minimum atomic E-state index is -3.11. The number of nitrogens with two attached hydrogens (primary N) is 1. The van der Waals surface area contributed by atoms with Crippen molar-refractivity contribution >= 4 is 9.84 Å². The molecule has 2 heterocycles. The molecule has 1 aliphatic heterocycles. The predicted octanol–water partition coefficient (Wildman–Crippen LogP) is 2.08. The highest BCUT2D eigenvalue weighted by Gasteiger charge is 2.27. The van der Waals surface area contributed by atoms with Crippen LogP contribution >= 0.6 is 0 Å². The number of nitrogens with zero attached hydrogens (tertiary/aromatic N) is 3. The van der Waals surface area contributed by atoms with Gasteiger partial charge in [0, 0.05) is 38.9 Å². The van der Waals surface area contributed by atoms with Gasteiger partial charge in [0.1, 0.15) is 5.82 Å². The first kappa shape index (κ1) is 22.8. The van der Waals surface area contributed by atoms with E-state index in [2.05, 4.69) is 14.8 Å². The maximum absolute atomic E-state index is 13.4. The lowest BCUT2D eigenvalue weighted by Gasteiger charge is -2.39. The van der Waals surface area contributed by atoms with E-state index in [4.69, 9.17) is 5.73 Å². The second-order valence-electron chi connectivity index (χ2n) is 7.85. The van der Waals surface area contributed by atoms with Crippen LogP contribution in [0.25, 0.3) is 0 Å². The van der Waals surface area contributed by atoms with E-state index < -0.39 is 15.1 Å². The summed E-state index contributed by atoms with van der Waals surface area (Å²) >= 11 is 0. The normalized spacial score (nSPS) is 18.2.